The van der Waals surface area contributed by atoms with Crippen LogP contribution < -0.4 is 10.2 Å². The molecule has 0 spiro atoms. The van der Waals surface area contributed by atoms with Gasteiger partial charge in [-0.2, -0.15) is 0 Å². The summed E-state index contributed by atoms with van der Waals surface area (Å²) in [5.41, 5.74) is 0.707. The summed E-state index contributed by atoms with van der Waals surface area (Å²) < 4.78 is 28.1. The van der Waals surface area contributed by atoms with Crippen molar-refractivity contribution in [2.45, 2.75) is 33.7 Å². The monoisotopic (exact) mass is 270 g/mol. The standard InChI is InChI=1S/C15H24F2N2/c1-5-11(3)10-19(4)15-13(16)7-12(8-14(15)17)9-18-6-2/h7-8,11,18H,5-6,9-10H2,1-4H3. The normalized spacial score (nSPS) is 12.5. The maximum Gasteiger partial charge on any atom is 0.149 e. The second-order valence-corrected chi connectivity index (χ2v) is 5.08. The molecule has 4 heteroatoms. The fourth-order valence-corrected chi connectivity index (χ4v) is 2.04. The minimum atomic E-state index is -0.487. The summed E-state index contributed by atoms with van der Waals surface area (Å²) in [6.45, 7) is 8.02. The third-order valence-electron chi connectivity index (χ3n) is 3.32. The maximum atomic E-state index is 14.0. The Balaban J connectivity index is 2.89. The highest BCUT2D eigenvalue weighted by molar-refractivity contribution is 5.50. The average Bonchev–Trinajstić information content (AvgIpc) is 2.35. The second-order valence-electron chi connectivity index (χ2n) is 5.08. The molecule has 2 nitrogen and oxygen atoms in total. The summed E-state index contributed by atoms with van der Waals surface area (Å²) in [6, 6.07) is 2.82. The van der Waals surface area contributed by atoms with E-state index < -0.39 is 11.6 Å². The molecule has 0 aliphatic carbocycles. The molecule has 108 valence electrons. The van der Waals surface area contributed by atoms with Gasteiger partial charge in [0, 0.05) is 20.1 Å². The second kappa shape index (κ2) is 7.43. The molecule has 1 rings (SSSR count). The summed E-state index contributed by atoms with van der Waals surface area (Å²) in [4.78, 5) is 1.66. The Morgan fingerprint density at radius 1 is 1.21 bits per heavy atom. The predicted molar refractivity (Wildman–Crippen MR) is 76.5 cm³/mol. The first kappa shape index (κ1) is 15.9. The molecule has 1 aromatic carbocycles. The molecular weight excluding hydrogens is 246 g/mol. The van der Waals surface area contributed by atoms with Crippen LogP contribution in [0, 0.1) is 17.6 Å². The predicted octanol–water partition coefficient (Wildman–Crippen LogP) is 3.56. The first-order valence-electron chi connectivity index (χ1n) is 6.89. The molecule has 0 radical (unpaired) electrons. The molecule has 1 unspecified atom stereocenters. The summed E-state index contributed by atoms with van der Waals surface area (Å²) in [5.74, 6) is -0.567. The molecule has 0 bridgehead atoms. The molecule has 0 aliphatic heterocycles. The lowest BCUT2D eigenvalue weighted by atomic mass is 10.1. The van der Waals surface area contributed by atoms with Crippen LogP contribution in [0.1, 0.15) is 32.8 Å². The Bertz CT molecular complexity index is 384. The van der Waals surface area contributed by atoms with E-state index >= 15 is 0 Å². The van der Waals surface area contributed by atoms with Gasteiger partial charge in [0.15, 0.2) is 0 Å². The number of benzene rings is 1. The van der Waals surface area contributed by atoms with Gasteiger partial charge in [-0.15, -0.1) is 0 Å². The highest BCUT2D eigenvalue weighted by Crippen LogP contribution is 2.25. The minimum absolute atomic E-state index is 0.0700. The molecule has 0 saturated heterocycles. The van der Waals surface area contributed by atoms with Crippen LogP contribution in [0.4, 0.5) is 14.5 Å². The Morgan fingerprint density at radius 2 is 1.79 bits per heavy atom. The van der Waals surface area contributed by atoms with E-state index in [1.165, 1.54) is 12.1 Å². The number of rotatable bonds is 7. The van der Waals surface area contributed by atoms with Gasteiger partial charge in [0.05, 0.1) is 0 Å². The van der Waals surface area contributed by atoms with Gasteiger partial charge in [0.1, 0.15) is 17.3 Å². The lowest BCUT2D eigenvalue weighted by molar-refractivity contribution is 0.531. The van der Waals surface area contributed by atoms with Crippen molar-refractivity contribution in [1.29, 1.82) is 0 Å². The van der Waals surface area contributed by atoms with Crippen LogP contribution in [-0.4, -0.2) is 20.1 Å². The van der Waals surface area contributed by atoms with Gasteiger partial charge in [0.25, 0.3) is 0 Å². The number of halogens is 2. The van der Waals surface area contributed by atoms with Crippen molar-refractivity contribution in [1.82, 2.24) is 5.32 Å². The van der Waals surface area contributed by atoms with E-state index in [0.717, 1.165) is 13.0 Å². The third-order valence-corrected chi connectivity index (χ3v) is 3.32. The molecule has 0 heterocycles. The third kappa shape index (κ3) is 4.46. The van der Waals surface area contributed by atoms with Crippen LogP contribution in [0.15, 0.2) is 12.1 Å². The minimum Gasteiger partial charge on any atom is -0.370 e. The van der Waals surface area contributed by atoms with Crippen molar-refractivity contribution in [3.8, 4) is 0 Å². The summed E-state index contributed by atoms with van der Waals surface area (Å²) in [5, 5.41) is 3.06. The van der Waals surface area contributed by atoms with Gasteiger partial charge in [-0.3, -0.25) is 0 Å². The van der Waals surface area contributed by atoms with Gasteiger partial charge < -0.3 is 10.2 Å². The number of anilines is 1. The first-order chi connectivity index (χ1) is 8.99. The van der Waals surface area contributed by atoms with Gasteiger partial charge >= 0.3 is 0 Å². The zero-order chi connectivity index (χ0) is 14.4. The highest BCUT2D eigenvalue weighted by Gasteiger charge is 2.16. The zero-order valence-corrected chi connectivity index (χ0v) is 12.3. The largest absolute Gasteiger partial charge is 0.370 e. The number of hydrogen-bond acceptors (Lipinski definition) is 2. The molecule has 19 heavy (non-hydrogen) atoms. The first-order valence-corrected chi connectivity index (χ1v) is 6.89. The molecule has 1 atom stereocenters. The SMILES string of the molecule is CCNCc1cc(F)c(N(C)CC(C)CC)c(F)c1. The van der Waals surface area contributed by atoms with Crippen LogP contribution in [0.25, 0.3) is 0 Å². The molecule has 0 aromatic heterocycles. The number of hydrogen-bond donors (Lipinski definition) is 1. The van der Waals surface area contributed by atoms with E-state index in [1.54, 1.807) is 11.9 Å². The summed E-state index contributed by atoms with van der Waals surface area (Å²) in [6.07, 6.45) is 0.992. The summed E-state index contributed by atoms with van der Waals surface area (Å²) >= 11 is 0. The summed E-state index contributed by atoms with van der Waals surface area (Å²) in [7, 11) is 1.73. The van der Waals surface area contributed by atoms with Crippen LogP contribution in [0.3, 0.4) is 0 Å². The van der Waals surface area contributed by atoms with Crippen LogP contribution in [0.5, 0.6) is 0 Å². The van der Waals surface area contributed by atoms with Crippen molar-refractivity contribution >= 4 is 5.69 Å². The Kier molecular flexibility index (Phi) is 6.22. The fourth-order valence-electron chi connectivity index (χ4n) is 2.04. The van der Waals surface area contributed by atoms with E-state index in [1.807, 2.05) is 6.92 Å². The zero-order valence-electron chi connectivity index (χ0n) is 12.3. The van der Waals surface area contributed by atoms with Crippen LogP contribution >= 0.6 is 0 Å². The number of nitrogens with one attached hydrogen (secondary N) is 1. The topological polar surface area (TPSA) is 15.3 Å². The Hall–Kier alpha value is -1.16. The van der Waals surface area contributed by atoms with Crippen LogP contribution in [0.2, 0.25) is 0 Å². The van der Waals surface area contributed by atoms with E-state index in [4.69, 9.17) is 0 Å². The smallest absolute Gasteiger partial charge is 0.149 e. The lowest BCUT2D eigenvalue weighted by Crippen LogP contribution is -2.26. The number of nitrogens with zero attached hydrogens (tertiary/aromatic N) is 1. The Labute approximate surface area is 114 Å². The van der Waals surface area contributed by atoms with Crippen molar-refractivity contribution in [2.24, 2.45) is 5.92 Å². The van der Waals surface area contributed by atoms with Gasteiger partial charge in [-0.25, -0.2) is 8.78 Å². The van der Waals surface area contributed by atoms with E-state index in [9.17, 15) is 8.78 Å². The Morgan fingerprint density at radius 3 is 2.26 bits per heavy atom. The van der Waals surface area contributed by atoms with Crippen molar-refractivity contribution in [2.75, 3.05) is 25.0 Å². The average molecular weight is 270 g/mol. The van der Waals surface area contributed by atoms with Gasteiger partial charge in [-0.1, -0.05) is 27.2 Å². The van der Waals surface area contributed by atoms with Gasteiger partial charge in [-0.05, 0) is 30.2 Å². The fraction of sp³-hybridized carbons (Fsp3) is 0.600. The molecule has 1 N–H and O–H groups in total. The van der Waals surface area contributed by atoms with Gasteiger partial charge in [0.2, 0.25) is 0 Å². The van der Waals surface area contributed by atoms with E-state index in [-0.39, 0.29) is 5.69 Å². The quantitative estimate of drug-likeness (QED) is 0.815. The van der Waals surface area contributed by atoms with Crippen molar-refractivity contribution in [3.05, 3.63) is 29.3 Å². The maximum absolute atomic E-state index is 14.0. The molecule has 1 aromatic rings. The van der Waals surface area contributed by atoms with E-state index in [2.05, 4.69) is 19.2 Å². The molecular formula is C15H24F2N2. The molecule has 0 fully saturated rings. The van der Waals surface area contributed by atoms with E-state index in [0.29, 0.717) is 24.6 Å². The molecule has 0 amide bonds. The molecule has 0 saturated carbocycles. The van der Waals surface area contributed by atoms with Crippen molar-refractivity contribution in [3.63, 3.8) is 0 Å². The van der Waals surface area contributed by atoms with Crippen molar-refractivity contribution < 1.29 is 8.78 Å². The lowest BCUT2D eigenvalue weighted by Gasteiger charge is -2.24. The molecule has 0 aliphatic rings. The van der Waals surface area contributed by atoms with Crippen LogP contribution in [-0.2, 0) is 6.54 Å². The highest BCUT2D eigenvalue weighted by atomic mass is 19.1.